The fourth-order valence-corrected chi connectivity index (χ4v) is 4.87. The molecule has 7 nitrogen and oxygen atoms in total. The molecule has 2 aromatic heterocycles. The zero-order valence-electron chi connectivity index (χ0n) is 19.6. The van der Waals surface area contributed by atoms with E-state index in [4.69, 9.17) is 4.74 Å². The average molecular weight is 485 g/mol. The highest BCUT2D eigenvalue weighted by molar-refractivity contribution is 7.98. The standard InChI is InChI=1S/C27H24N4O3S/c1-4-24(25(32)31-22-11-7-5-9-20(22)21-10-6-8-12-23(21)31)34-26(33)18-13-15-19(16-14-18)30-17(2)28-29-27(30)35-3/h5-16,24H,4H2,1-3H3. The fourth-order valence-electron chi connectivity index (χ4n) is 4.33. The molecule has 2 heterocycles. The van der Waals surface area contributed by atoms with E-state index in [2.05, 4.69) is 10.2 Å². The van der Waals surface area contributed by atoms with Crippen molar-refractivity contribution in [3.05, 3.63) is 84.2 Å². The smallest absolute Gasteiger partial charge is 0.338 e. The summed E-state index contributed by atoms with van der Waals surface area (Å²) < 4.78 is 9.30. The van der Waals surface area contributed by atoms with Gasteiger partial charge in [0.2, 0.25) is 0 Å². The van der Waals surface area contributed by atoms with E-state index in [1.807, 2.05) is 85.3 Å². The molecule has 0 bridgehead atoms. The van der Waals surface area contributed by atoms with Gasteiger partial charge < -0.3 is 4.74 Å². The van der Waals surface area contributed by atoms with Crippen molar-refractivity contribution in [1.82, 2.24) is 19.3 Å². The minimum absolute atomic E-state index is 0.264. The van der Waals surface area contributed by atoms with Gasteiger partial charge in [-0.2, -0.15) is 0 Å². The summed E-state index contributed by atoms with van der Waals surface area (Å²) in [6.07, 6.45) is 1.38. The zero-order valence-corrected chi connectivity index (χ0v) is 20.5. The van der Waals surface area contributed by atoms with Gasteiger partial charge in [0.25, 0.3) is 5.91 Å². The van der Waals surface area contributed by atoms with E-state index in [1.165, 1.54) is 11.8 Å². The molecule has 0 amide bonds. The number of carbonyl (C=O) groups is 2. The van der Waals surface area contributed by atoms with Gasteiger partial charge >= 0.3 is 5.97 Å². The summed E-state index contributed by atoms with van der Waals surface area (Å²) in [7, 11) is 0. The lowest BCUT2D eigenvalue weighted by atomic mass is 10.2. The first-order valence-corrected chi connectivity index (χ1v) is 12.6. The molecule has 0 fully saturated rings. The van der Waals surface area contributed by atoms with E-state index in [1.54, 1.807) is 16.7 Å². The number of aromatic nitrogens is 4. The number of rotatable bonds is 6. The Morgan fingerprint density at radius 3 is 2.09 bits per heavy atom. The summed E-state index contributed by atoms with van der Waals surface area (Å²) >= 11 is 1.49. The summed E-state index contributed by atoms with van der Waals surface area (Å²) in [6.45, 7) is 3.71. The summed E-state index contributed by atoms with van der Waals surface area (Å²) in [6, 6.07) is 22.6. The quantitative estimate of drug-likeness (QED) is 0.228. The summed E-state index contributed by atoms with van der Waals surface area (Å²) in [4.78, 5) is 26.6. The van der Waals surface area contributed by atoms with Crippen LogP contribution in [0, 0.1) is 6.92 Å². The molecule has 1 atom stereocenters. The molecule has 0 aliphatic rings. The molecule has 0 saturated carbocycles. The first-order valence-electron chi connectivity index (χ1n) is 11.3. The summed E-state index contributed by atoms with van der Waals surface area (Å²) in [5.74, 6) is -0.0461. The van der Waals surface area contributed by atoms with Crippen molar-refractivity contribution in [1.29, 1.82) is 0 Å². The second-order valence-electron chi connectivity index (χ2n) is 8.13. The molecular formula is C27H24N4O3S. The van der Waals surface area contributed by atoms with Gasteiger partial charge in [-0.3, -0.25) is 13.9 Å². The molecule has 0 saturated heterocycles. The lowest BCUT2D eigenvalue weighted by Crippen LogP contribution is -2.31. The minimum atomic E-state index is -0.912. The number of thioether (sulfide) groups is 1. The Bertz CT molecular complexity index is 1500. The van der Waals surface area contributed by atoms with Crippen LogP contribution in [0.2, 0.25) is 0 Å². The van der Waals surface area contributed by atoms with E-state index in [0.29, 0.717) is 12.0 Å². The number of esters is 1. The number of benzene rings is 3. The Kier molecular flexibility index (Phi) is 6.13. The Balaban J connectivity index is 1.42. The first kappa shape index (κ1) is 22.9. The molecule has 3 aromatic carbocycles. The molecule has 5 aromatic rings. The Morgan fingerprint density at radius 1 is 0.914 bits per heavy atom. The lowest BCUT2D eigenvalue weighted by molar-refractivity contribution is 0.0245. The van der Waals surface area contributed by atoms with Gasteiger partial charge in [-0.15, -0.1) is 10.2 Å². The number of hydrogen-bond acceptors (Lipinski definition) is 6. The lowest BCUT2D eigenvalue weighted by Gasteiger charge is -2.17. The van der Waals surface area contributed by atoms with Crippen molar-refractivity contribution in [3.63, 3.8) is 0 Å². The van der Waals surface area contributed by atoms with Gasteiger partial charge in [-0.1, -0.05) is 55.1 Å². The molecular weight excluding hydrogens is 460 g/mol. The number of para-hydroxylation sites is 2. The van der Waals surface area contributed by atoms with Crippen LogP contribution < -0.4 is 0 Å². The van der Waals surface area contributed by atoms with Crippen LogP contribution in [0.4, 0.5) is 0 Å². The molecule has 0 spiro atoms. The van der Waals surface area contributed by atoms with E-state index in [9.17, 15) is 9.59 Å². The molecule has 176 valence electrons. The van der Waals surface area contributed by atoms with Crippen LogP contribution in [-0.2, 0) is 4.74 Å². The molecule has 1 unspecified atom stereocenters. The van der Waals surface area contributed by atoms with E-state index < -0.39 is 12.1 Å². The third-order valence-corrected chi connectivity index (χ3v) is 6.66. The Labute approximate surface area is 206 Å². The van der Waals surface area contributed by atoms with Gasteiger partial charge in [-0.25, -0.2) is 4.79 Å². The van der Waals surface area contributed by atoms with Crippen molar-refractivity contribution < 1.29 is 14.3 Å². The first-order chi connectivity index (χ1) is 17.0. The van der Waals surface area contributed by atoms with Gasteiger partial charge in [0.15, 0.2) is 11.3 Å². The van der Waals surface area contributed by atoms with Crippen molar-refractivity contribution in [2.24, 2.45) is 0 Å². The SMILES string of the molecule is CCC(OC(=O)c1ccc(-n2c(C)nnc2SC)cc1)C(=O)n1c2ccccc2c2ccccc21. The van der Waals surface area contributed by atoms with Gasteiger partial charge in [0, 0.05) is 16.5 Å². The number of fused-ring (bicyclic) bond motifs is 3. The maximum atomic E-state index is 13.6. The molecule has 0 N–H and O–H groups in total. The van der Waals surface area contributed by atoms with Gasteiger partial charge in [0.1, 0.15) is 5.82 Å². The maximum absolute atomic E-state index is 13.6. The van der Waals surface area contributed by atoms with E-state index in [-0.39, 0.29) is 5.91 Å². The number of nitrogens with zero attached hydrogens (tertiary/aromatic N) is 4. The second-order valence-corrected chi connectivity index (χ2v) is 8.90. The third kappa shape index (κ3) is 4.00. The van der Waals surface area contributed by atoms with Crippen LogP contribution in [0.15, 0.2) is 78.0 Å². The normalized spacial score (nSPS) is 12.2. The number of aryl methyl sites for hydroxylation is 1. The highest BCUT2D eigenvalue weighted by atomic mass is 32.2. The molecule has 0 aliphatic carbocycles. The van der Waals surface area contributed by atoms with Crippen LogP contribution in [0.5, 0.6) is 0 Å². The third-order valence-electron chi connectivity index (χ3n) is 6.03. The Morgan fingerprint density at radius 2 is 1.51 bits per heavy atom. The van der Waals surface area contributed by atoms with Crippen molar-refractivity contribution in [2.45, 2.75) is 31.5 Å². The second kappa shape index (κ2) is 9.38. The van der Waals surface area contributed by atoms with E-state index in [0.717, 1.165) is 38.5 Å². The van der Waals surface area contributed by atoms with Crippen LogP contribution in [0.1, 0.15) is 34.3 Å². The molecule has 8 heteroatoms. The predicted octanol–water partition coefficient (Wildman–Crippen LogP) is 5.68. The fraction of sp³-hybridized carbons (Fsp3) is 0.185. The largest absolute Gasteiger partial charge is 0.449 e. The van der Waals surface area contributed by atoms with Crippen LogP contribution in [-0.4, -0.2) is 43.6 Å². The van der Waals surface area contributed by atoms with Crippen LogP contribution >= 0.6 is 11.8 Å². The Hall–Kier alpha value is -3.91. The topological polar surface area (TPSA) is 79.0 Å². The molecule has 0 aliphatic heterocycles. The van der Waals surface area contributed by atoms with E-state index >= 15 is 0 Å². The number of carbonyl (C=O) groups excluding carboxylic acids is 2. The highest BCUT2D eigenvalue weighted by Crippen LogP contribution is 2.29. The van der Waals surface area contributed by atoms with Crippen molar-refractivity contribution in [3.8, 4) is 5.69 Å². The van der Waals surface area contributed by atoms with Crippen molar-refractivity contribution >= 4 is 45.4 Å². The van der Waals surface area contributed by atoms with Gasteiger partial charge in [-0.05, 0) is 56.0 Å². The molecule has 5 rings (SSSR count). The minimum Gasteiger partial charge on any atom is -0.449 e. The molecule has 35 heavy (non-hydrogen) atoms. The number of hydrogen-bond donors (Lipinski definition) is 0. The number of ether oxygens (including phenoxy) is 1. The van der Waals surface area contributed by atoms with Crippen LogP contribution in [0.3, 0.4) is 0 Å². The summed E-state index contributed by atoms with van der Waals surface area (Å²) in [5, 5.41) is 11.0. The van der Waals surface area contributed by atoms with Crippen molar-refractivity contribution in [2.75, 3.05) is 6.26 Å². The summed E-state index contributed by atoms with van der Waals surface area (Å²) in [5.41, 5.74) is 2.82. The van der Waals surface area contributed by atoms with Gasteiger partial charge in [0.05, 0.1) is 16.6 Å². The maximum Gasteiger partial charge on any atom is 0.338 e. The molecule has 0 radical (unpaired) electrons. The highest BCUT2D eigenvalue weighted by Gasteiger charge is 2.26. The zero-order chi connectivity index (χ0) is 24.5. The average Bonchev–Trinajstić information content (AvgIpc) is 3.44. The van der Waals surface area contributed by atoms with Crippen LogP contribution in [0.25, 0.3) is 27.5 Å². The predicted molar refractivity (Wildman–Crippen MR) is 137 cm³/mol. The monoisotopic (exact) mass is 484 g/mol.